The highest BCUT2D eigenvalue weighted by Crippen LogP contribution is 2.49. The van der Waals surface area contributed by atoms with Gasteiger partial charge in [0.25, 0.3) is 0 Å². The fourth-order valence-corrected chi connectivity index (χ4v) is 2.24. The zero-order valence-corrected chi connectivity index (χ0v) is 10.6. The van der Waals surface area contributed by atoms with E-state index in [9.17, 15) is 5.11 Å². The smallest absolute Gasteiger partial charge is 0.161 e. The molecule has 0 amide bonds. The zero-order chi connectivity index (χ0) is 12.6. The van der Waals surface area contributed by atoms with Crippen molar-refractivity contribution < 1.29 is 14.6 Å². The van der Waals surface area contributed by atoms with E-state index in [2.05, 4.69) is 5.32 Å². The summed E-state index contributed by atoms with van der Waals surface area (Å²) in [5.74, 6) is 1.55. The molecule has 0 saturated heterocycles. The second-order valence-electron chi connectivity index (χ2n) is 5.36. The molecule has 98 valence electrons. The first-order valence-electron chi connectivity index (χ1n) is 6.45. The van der Waals surface area contributed by atoms with Crippen LogP contribution in [-0.4, -0.2) is 31.9 Å². The molecule has 18 heavy (non-hydrogen) atoms. The van der Waals surface area contributed by atoms with Crippen LogP contribution in [0.4, 0.5) is 0 Å². The van der Waals surface area contributed by atoms with Crippen molar-refractivity contribution in [2.45, 2.75) is 18.9 Å². The first-order valence-corrected chi connectivity index (χ1v) is 6.45. The molecule has 2 N–H and O–H groups in total. The summed E-state index contributed by atoms with van der Waals surface area (Å²) in [6.07, 6.45) is 1.87. The lowest BCUT2D eigenvalue weighted by Crippen LogP contribution is -2.17. The highest BCUT2D eigenvalue weighted by atomic mass is 16.5. The van der Waals surface area contributed by atoms with Crippen LogP contribution in [0.15, 0.2) is 18.2 Å². The number of hydrogen-bond donors (Lipinski definition) is 2. The molecule has 3 rings (SSSR count). The lowest BCUT2D eigenvalue weighted by atomic mass is 10.1. The number of aliphatic hydroxyl groups is 1. The highest BCUT2D eigenvalue weighted by molar-refractivity contribution is 5.44. The van der Waals surface area contributed by atoms with Gasteiger partial charge in [0, 0.05) is 12.0 Å². The quantitative estimate of drug-likeness (QED) is 0.852. The number of aliphatic hydroxyl groups excluding tert-OH is 1. The molecule has 1 heterocycles. The van der Waals surface area contributed by atoms with Gasteiger partial charge in [0.2, 0.25) is 0 Å². The second kappa shape index (κ2) is 4.44. The Bertz CT molecular complexity index is 443. The van der Waals surface area contributed by atoms with Gasteiger partial charge in [-0.3, -0.25) is 0 Å². The average Bonchev–Trinajstić information content (AvgIpc) is 3.17. The van der Waals surface area contributed by atoms with Crippen LogP contribution in [0.2, 0.25) is 0 Å². The van der Waals surface area contributed by atoms with Gasteiger partial charge in [-0.1, -0.05) is 6.07 Å². The van der Waals surface area contributed by atoms with Gasteiger partial charge in [0.15, 0.2) is 11.5 Å². The molecule has 4 heteroatoms. The standard InChI is InChI=1S/C14H19NO3/c1-15-7-11(16)10-2-3-12-13(6-10)18-9-14(4-5-14)8-17-12/h2-3,6,11,15-16H,4-5,7-9H2,1H3. The van der Waals surface area contributed by atoms with E-state index in [0.717, 1.165) is 30.3 Å². The Labute approximate surface area is 107 Å². The van der Waals surface area contributed by atoms with Crippen molar-refractivity contribution in [3.05, 3.63) is 23.8 Å². The van der Waals surface area contributed by atoms with Crippen LogP contribution >= 0.6 is 0 Å². The molecule has 1 unspecified atom stereocenters. The number of fused-ring (bicyclic) bond motifs is 1. The normalized spacial score (nSPS) is 21.4. The molecule has 0 radical (unpaired) electrons. The Kier molecular flexibility index (Phi) is 2.92. The highest BCUT2D eigenvalue weighted by Gasteiger charge is 2.46. The van der Waals surface area contributed by atoms with Gasteiger partial charge in [-0.15, -0.1) is 0 Å². The molecule has 1 fully saturated rings. The minimum atomic E-state index is -0.512. The van der Waals surface area contributed by atoms with Gasteiger partial charge >= 0.3 is 0 Å². The van der Waals surface area contributed by atoms with Crippen LogP contribution in [0.5, 0.6) is 11.5 Å². The number of likely N-dealkylation sites (N-methyl/N-ethyl adjacent to an activating group) is 1. The van der Waals surface area contributed by atoms with Gasteiger partial charge in [-0.2, -0.15) is 0 Å². The summed E-state index contributed by atoms with van der Waals surface area (Å²) in [6, 6.07) is 5.68. The molecule has 1 aromatic carbocycles. The molecule has 1 spiro atoms. The summed E-state index contributed by atoms with van der Waals surface area (Å²) < 4.78 is 11.6. The third-order valence-corrected chi connectivity index (χ3v) is 3.77. The molecule has 1 saturated carbocycles. The average molecular weight is 249 g/mol. The summed E-state index contributed by atoms with van der Waals surface area (Å²) >= 11 is 0. The fourth-order valence-electron chi connectivity index (χ4n) is 2.24. The van der Waals surface area contributed by atoms with Gasteiger partial charge in [-0.05, 0) is 37.6 Å². The van der Waals surface area contributed by atoms with E-state index < -0.39 is 6.10 Å². The number of rotatable bonds is 3. The second-order valence-corrected chi connectivity index (χ2v) is 5.36. The lowest BCUT2D eigenvalue weighted by molar-refractivity contribution is 0.177. The molecular formula is C14H19NO3. The first kappa shape index (κ1) is 11.8. The van der Waals surface area contributed by atoms with E-state index in [1.165, 1.54) is 12.8 Å². The Balaban J connectivity index is 1.80. The topological polar surface area (TPSA) is 50.7 Å². The third-order valence-electron chi connectivity index (χ3n) is 3.77. The minimum Gasteiger partial charge on any atom is -0.489 e. The van der Waals surface area contributed by atoms with Crippen LogP contribution < -0.4 is 14.8 Å². The zero-order valence-electron chi connectivity index (χ0n) is 10.6. The SMILES string of the molecule is CNCC(O)c1ccc2c(c1)OCC1(CC1)CO2. The van der Waals surface area contributed by atoms with Crippen LogP contribution in [0.1, 0.15) is 24.5 Å². The van der Waals surface area contributed by atoms with Gasteiger partial charge in [0.1, 0.15) is 0 Å². The van der Waals surface area contributed by atoms with Crippen LogP contribution in [0.3, 0.4) is 0 Å². The van der Waals surface area contributed by atoms with Crippen LogP contribution in [0, 0.1) is 5.41 Å². The van der Waals surface area contributed by atoms with Crippen LogP contribution in [-0.2, 0) is 0 Å². The number of hydrogen-bond acceptors (Lipinski definition) is 4. The van der Waals surface area contributed by atoms with E-state index in [1.54, 1.807) is 0 Å². The van der Waals surface area contributed by atoms with Gasteiger partial charge in [0.05, 0.1) is 19.3 Å². The van der Waals surface area contributed by atoms with E-state index in [4.69, 9.17) is 9.47 Å². The van der Waals surface area contributed by atoms with Crippen molar-refractivity contribution in [3.8, 4) is 11.5 Å². The number of benzene rings is 1. The van der Waals surface area contributed by atoms with Crippen molar-refractivity contribution in [2.24, 2.45) is 5.41 Å². The van der Waals surface area contributed by atoms with Crippen molar-refractivity contribution in [1.29, 1.82) is 0 Å². The lowest BCUT2D eigenvalue weighted by Gasteiger charge is -2.13. The monoisotopic (exact) mass is 249 g/mol. The molecule has 0 bridgehead atoms. The van der Waals surface area contributed by atoms with E-state index in [1.807, 2.05) is 25.2 Å². The number of ether oxygens (including phenoxy) is 2. The third kappa shape index (κ3) is 2.18. The maximum Gasteiger partial charge on any atom is 0.161 e. The molecule has 1 aliphatic carbocycles. The minimum absolute atomic E-state index is 0.253. The Morgan fingerprint density at radius 3 is 2.67 bits per heavy atom. The Hall–Kier alpha value is -1.26. The summed E-state index contributed by atoms with van der Waals surface area (Å²) in [7, 11) is 1.82. The molecule has 4 nitrogen and oxygen atoms in total. The summed E-state index contributed by atoms with van der Waals surface area (Å²) in [5.41, 5.74) is 1.11. The van der Waals surface area contributed by atoms with Crippen molar-refractivity contribution in [3.63, 3.8) is 0 Å². The molecule has 1 aliphatic heterocycles. The van der Waals surface area contributed by atoms with Crippen molar-refractivity contribution in [1.82, 2.24) is 5.32 Å². The molecule has 0 aromatic heterocycles. The molecule has 2 aliphatic rings. The Morgan fingerprint density at radius 1 is 1.28 bits per heavy atom. The van der Waals surface area contributed by atoms with Gasteiger partial charge < -0.3 is 19.9 Å². The fraction of sp³-hybridized carbons (Fsp3) is 0.571. The number of nitrogens with one attached hydrogen (secondary N) is 1. The van der Waals surface area contributed by atoms with Crippen LogP contribution in [0.25, 0.3) is 0 Å². The van der Waals surface area contributed by atoms with E-state index >= 15 is 0 Å². The van der Waals surface area contributed by atoms with Crippen molar-refractivity contribution in [2.75, 3.05) is 26.8 Å². The summed E-state index contributed by atoms with van der Waals surface area (Å²) in [5, 5.41) is 12.9. The predicted molar refractivity (Wildman–Crippen MR) is 68.0 cm³/mol. The maximum atomic E-state index is 9.95. The molecular weight excluding hydrogens is 230 g/mol. The maximum absolute atomic E-state index is 9.95. The molecule has 1 aromatic rings. The van der Waals surface area contributed by atoms with Crippen molar-refractivity contribution >= 4 is 0 Å². The Morgan fingerprint density at radius 2 is 2.00 bits per heavy atom. The summed E-state index contributed by atoms with van der Waals surface area (Å²) in [4.78, 5) is 0. The van der Waals surface area contributed by atoms with E-state index in [0.29, 0.717) is 6.54 Å². The van der Waals surface area contributed by atoms with E-state index in [-0.39, 0.29) is 5.41 Å². The van der Waals surface area contributed by atoms with Gasteiger partial charge in [-0.25, -0.2) is 0 Å². The molecule has 1 atom stereocenters. The summed E-state index contributed by atoms with van der Waals surface area (Å²) in [6.45, 7) is 2.01. The largest absolute Gasteiger partial charge is 0.489 e. The predicted octanol–water partition coefficient (Wildman–Crippen LogP) is 1.49. The first-order chi connectivity index (χ1) is 8.72.